The normalized spacial score (nSPS) is 29.4. The molecule has 0 spiro atoms. The molecule has 2 aliphatic heterocycles. The number of amides is 1. The molecule has 1 amide bonds. The van der Waals surface area contributed by atoms with Crippen LogP contribution in [0, 0.1) is 11.3 Å². The van der Waals surface area contributed by atoms with Crippen LogP contribution in [0.5, 0.6) is 0 Å². The van der Waals surface area contributed by atoms with Crippen molar-refractivity contribution in [3.8, 4) is 0 Å². The predicted octanol–water partition coefficient (Wildman–Crippen LogP) is 2.10. The molecule has 0 radical (unpaired) electrons. The highest BCUT2D eigenvalue weighted by atomic mass is 16.2. The molecule has 3 aliphatic rings. The van der Waals surface area contributed by atoms with Gasteiger partial charge in [-0.05, 0) is 38.1 Å². The Morgan fingerprint density at radius 3 is 2.41 bits per heavy atom. The second-order valence-electron chi connectivity index (χ2n) is 8.06. The van der Waals surface area contributed by atoms with Crippen LogP contribution in [0.3, 0.4) is 0 Å². The highest BCUT2D eigenvalue weighted by Gasteiger charge is 2.44. The zero-order valence-corrected chi connectivity index (χ0v) is 14.4. The van der Waals surface area contributed by atoms with Crippen molar-refractivity contribution in [1.82, 2.24) is 15.1 Å². The van der Waals surface area contributed by atoms with Crippen molar-refractivity contribution in [3.05, 3.63) is 0 Å². The lowest BCUT2D eigenvalue weighted by molar-refractivity contribution is -0.145. The first kappa shape index (κ1) is 16.3. The van der Waals surface area contributed by atoms with Crippen molar-refractivity contribution in [2.45, 2.75) is 58.4 Å². The van der Waals surface area contributed by atoms with Crippen LogP contribution in [0.2, 0.25) is 0 Å². The van der Waals surface area contributed by atoms with E-state index in [9.17, 15) is 4.79 Å². The molecule has 3 rings (SSSR count). The van der Waals surface area contributed by atoms with Gasteiger partial charge in [-0.1, -0.05) is 26.7 Å². The maximum Gasteiger partial charge on any atom is 0.228 e. The number of nitrogens with zero attached hydrogens (tertiary/aromatic N) is 2. The summed E-state index contributed by atoms with van der Waals surface area (Å²) in [6.45, 7) is 10.8. The third-order valence-corrected chi connectivity index (χ3v) is 5.97. The molecule has 1 unspecified atom stereocenters. The molecule has 0 aromatic heterocycles. The van der Waals surface area contributed by atoms with Crippen LogP contribution in [0.25, 0.3) is 0 Å². The molecule has 4 heteroatoms. The molecule has 2 heterocycles. The van der Waals surface area contributed by atoms with Crippen molar-refractivity contribution < 1.29 is 4.79 Å². The second kappa shape index (κ2) is 6.88. The van der Waals surface area contributed by atoms with E-state index in [0.29, 0.717) is 17.9 Å². The van der Waals surface area contributed by atoms with Gasteiger partial charge in [0.25, 0.3) is 0 Å². The lowest BCUT2D eigenvalue weighted by Gasteiger charge is -2.42. The average molecular weight is 307 g/mol. The number of nitrogens with one attached hydrogen (secondary N) is 1. The van der Waals surface area contributed by atoms with Crippen molar-refractivity contribution in [2.75, 3.05) is 39.3 Å². The molecule has 126 valence electrons. The monoisotopic (exact) mass is 307 g/mol. The molecule has 1 N–H and O–H groups in total. The topological polar surface area (TPSA) is 35.6 Å². The summed E-state index contributed by atoms with van der Waals surface area (Å²) in [6.07, 6.45) is 7.08. The van der Waals surface area contributed by atoms with E-state index in [2.05, 4.69) is 29.0 Å². The SMILES string of the molecule is CC(C)CC1(C(=O)N2CCN(C3CCNC3)CC2)CCCC1. The van der Waals surface area contributed by atoms with Gasteiger partial charge in [-0.2, -0.15) is 0 Å². The standard InChI is InChI=1S/C18H33N3O/c1-15(2)13-18(6-3-4-7-18)17(22)21-11-9-20(10-12-21)16-5-8-19-14-16/h15-16,19H,3-14H2,1-2H3. The Balaban J connectivity index is 1.58. The largest absolute Gasteiger partial charge is 0.340 e. The van der Waals surface area contributed by atoms with Crippen LogP contribution in [-0.4, -0.2) is 61.0 Å². The fourth-order valence-electron chi connectivity index (χ4n) is 4.92. The van der Waals surface area contributed by atoms with Gasteiger partial charge in [0.1, 0.15) is 0 Å². The van der Waals surface area contributed by atoms with E-state index in [1.165, 1.54) is 19.3 Å². The molecule has 0 aromatic rings. The number of carbonyl (C=O) groups excluding carboxylic acids is 1. The van der Waals surface area contributed by atoms with E-state index in [0.717, 1.165) is 58.5 Å². The van der Waals surface area contributed by atoms with Crippen molar-refractivity contribution in [3.63, 3.8) is 0 Å². The van der Waals surface area contributed by atoms with Crippen LogP contribution >= 0.6 is 0 Å². The summed E-state index contributed by atoms with van der Waals surface area (Å²) in [5, 5.41) is 3.45. The highest BCUT2D eigenvalue weighted by molar-refractivity contribution is 5.83. The van der Waals surface area contributed by atoms with Gasteiger partial charge in [0.15, 0.2) is 0 Å². The lowest BCUT2D eigenvalue weighted by Crippen LogP contribution is -2.55. The van der Waals surface area contributed by atoms with Crippen LogP contribution in [0.4, 0.5) is 0 Å². The summed E-state index contributed by atoms with van der Waals surface area (Å²) < 4.78 is 0. The fourth-order valence-corrected chi connectivity index (χ4v) is 4.92. The highest BCUT2D eigenvalue weighted by Crippen LogP contribution is 2.44. The van der Waals surface area contributed by atoms with E-state index in [1.54, 1.807) is 0 Å². The molecule has 0 aromatic carbocycles. The van der Waals surface area contributed by atoms with E-state index in [-0.39, 0.29) is 5.41 Å². The van der Waals surface area contributed by atoms with Crippen molar-refractivity contribution >= 4 is 5.91 Å². The minimum absolute atomic E-state index is 0.0226. The first-order chi connectivity index (χ1) is 10.6. The molecule has 3 fully saturated rings. The van der Waals surface area contributed by atoms with Crippen LogP contribution in [0.15, 0.2) is 0 Å². The smallest absolute Gasteiger partial charge is 0.228 e. The Bertz CT molecular complexity index is 376. The van der Waals surface area contributed by atoms with Crippen LogP contribution < -0.4 is 5.32 Å². The van der Waals surface area contributed by atoms with Crippen molar-refractivity contribution in [2.24, 2.45) is 11.3 Å². The summed E-state index contributed by atoms with van der Waals surface area (Å²) in [5.41, 5.74) is -0.0226. The number of carbonyl (C=O) groups is 1. The van der Waals surface area contributed by atoms with E-state index in [1.807, 2.05) is 0 Å². The van der Waals surface area contributed by atoms with Gasteiger partial charge in [-0.3, -0.25) is 9.69 Å². The number of rotatable bonds is 4. The molecule has 4 nitrogen and oxygen atoms in total. The Hall–Kier alpha value is -0.610. The van der Waals surface area contributed by atoms with Crippen LogP contribution in [-0.2, 0) is 4.79 Å². The Morgan fingerprint density at radius 2 is 1.86 bits per heavy atom. The molecule has 1 atom stereocenters. The van der Waals surface area contributed by atoms with E-state index < -0.39 is 0 Å². The molecule has 22 heavy (non-hydrogen) atoms. The van der Waals surface area contributed by atoms with Crippen molar-refractivity contribution in [1.29, 1.82) is 0 Å². The number of hydrogen-bond donors (Lipinski definition) is 1. The summed E-state index contributed by atoms with van der Waals surface area (Å²) in [5.74, 6) is 1.09. The summed E-state index contributed by atoms with van der Waals surface area (Å²) in [7, 11) is 0. The third kappa shape index (κ3) is 3.33. The quantitative estimate of drug-likeness (QED) is 0.864. The Morgan fingerprint density at radius 1 is 1.18 bits per heavy atom. The van der Waals surface area contributed by atoms with Gasteiger partial charge < -0.3 is 10.2 Å². The summed E-state index contributed by atoms with van der Waals surface area (Å²) in [6, 6.07) is 0.702. The van der Waals surface area contributed by atoms with Gasteiger partial charge >= 0.3 is 0 Å². The lowest BCUT2D eigenvalue weighted by atomic mass is 9.77. The maximum atomic E-state index is 13.2. The fraction of sp³-hybridized carbons (Fsp3) is 0.944. The molecule has 2 saturated heterocycles. The Kier molecular flexibility index (Phi) is 5.08. The number of piperazine rings is 1. The van der Waals surface area contributed by atoms with Crippen LogP contribution in [0.1, 0.15) is 52.4 Å². The maximum absolute atomic E-state index is 13.2. The second-order valence-corrected chi connectivity index (χ2v) is 8.06. The number of hydrogen-bond acceptors (Lipinski definition) is 3. The summed E-state index contributed by atoms with van der Waals surface area (Å²) >= 11 is 0. The average Bonchev–Trinajstić information content (AvgIpc) is 3.18. The van der Waals surface area contributed by atoms with Gasteiger partial charge in [-0.15, -0.1) is 0 Å². The van der Waals surface area contributed by atoms with Gasteiger partial charge in [0.2, 0.25) is 5.91 Å². The van der Waals surface area contributed by atoms with Gasteiger partial charge in [0.05, 0.1) is 0 Å². The van der Waals surface area contributed by atoms with E-state index >= 15 is 0 Å². The molecule has 1 aliphatic carbocycles. The first-order valence-corrected chi connectivity index (χ1v) is 9.35. The molecular weight excluding hydrogens is 274 g/mol. The molecular formula is C18H33N3O. The minimum atomic E-state index is -0.0226. The van der Waals surface area contributed by atoms with E-state index in [4.69, 9.17) is 0 Å². The van der Waals surface area contributed by atoms with Gasteiger partial charge in [0, 0.05) is 44.2 Å². The zero-order valence-electron chi connectivity index (χ0n) is 14.4. The first-order valence-electron chi connectivity index (χ1n) is 9.35. The predicted molar refractivity (Wildman–Crippen MR) is 89.8 cm³/mol. The third-order valence-electron chi connectivity index (χ3n) is 5.97. The summed E-state index contributed by atoms with van der Waals surface area (Å²) in [4.78, 5) is 18.0. The molecule has 1 saturated carbocycles. The Labute approximate surface area is 135 Å². The minimum Gasteiger partial charge on any atom is -0.340 e. The zero-order chi connectivity index (χ0) is 15.6. The van der Waals surface area contributed by atoms with Gasteiger partial charge in [-0.25, -0.2) is 0 Å². The molecule has 0 bridgehead atoms.